The highest BCUT2D eigenvalue weighted by atomic mass is 16.6. The second-order valence-electron chi connectivity index (χ2n) is 6.22. The maximum absolute atomic E-state index is 12.2. The molecular formula is C22H22O8. The lowest BCUT2D eigenvalue weighted by atomic mass is 10.2. The minimum Gasteiger partial charge on any atom is -0.458 e. The van der Waals surface area contributed by atoms with Crippen molar-refractivity contribution in [3.63, 3.8) is 0 Å². The average Bonchev–Trinajstić information content (AvgIpc) is 2.74. The highest BCUT2D eigenvalue weighted by Crippen LogP contribution is 2.11. The van der Waals surface area contributed by atoms with Gasteiger partial charge in [0, 0.05) is 13.8 Å². The molecule has 0 bridgehead atoms. The first-order chi connectivity index (χ1) is 14.4. The Morgan fingerprint density at radius 2 is 0.967 bits per heavy atom. The second-order valence-corrected chi connectivity index (χ2v) is 6.22. The van der Waals surface area contributed by atoms with Gasteiger partial charge in [0.1, 0.15) is 13.2 Å². The summed E-state index contributed by atoms with van der Waals surface area (Å²) in [5, 5.41) is 0. The lowest BCUT2D eigenvalue weighted by molar-refractivity contribution is -0.171. The van der Waals surface area contributed by atoms with Gasteiger partial charge < -0.3 is 18.9 Å². The summed E-state index contributed by atoms with van der Waals surface area (Å²) >= 11 is 0. The van der Waals surface area contributed by atoms with E-state index in [4.69, 9.17) is 18.9 Å². The first-order valence-corrected chi connectivity index (χ1v) is 9.15. The predicted octanol–water partition coefficient (Wildman–Crippen LogP) is 2.56. The molecule has 0 heterocycles. The minimum absolute atomic E-state index is 0.304. The lowest BCUT2D eigenvalue weighted by Gasteiger charge is -2.25. The molecule has 2 rings (SSSR count). The Hall–Kier alpha value is -3.68. The lowest BCUT2D eigenvalue weighted by Crippen LogP contribution is -2.42. The zero-order chi connectivity index (χ0) is 21.9. The standard InChI is InChI=1S/C22H22O8/c1-15(23)29-19(13-27-21(25)17-9-5-3-6-10-17)20(30-16(2)24)14-28-22(26)18-11-7-4-8-12-18/h3-12,19-20H,13-14H2,1-2H3/t19-,20-/m0/s1. The molecule has 2 atom stereocenters. The number of carbonyl (C=O) groups is 4. The highest BCUT2D eigenvalue weighted by Gasteiger charge is 2.30. The second kappa shape index (κ2) is 11.4. The van der Waals surface area contributed by atoms with Gasteiger partial charge in [-0.2, -0.15) is 0 Å². The number of hydrogen-bond donors (Lipinski definition) is 0. The molecule has 0 spiro atoms. The first kappa shape index (κ1) is 22.6. The molecule has 0 saturated carbocycles. The zero-order valence-corrected chi connectivity index (χ0v) is 16.6. The van der Waals surface area contributed by atoms with Crippen LogP contribution in [0.2, 0.25) is 0 Å². The van der Waals surface area contributed by atoms with Gasteiger partial charge in [0.15, 0.2) is 12.2 Å². The van der Waals surface area contributed by atoms with Gasteiger partial charge in [-0.1, -0.05) is 36.4 Å². The number of benzene rings is 2. The van der Waals surface area contributed by atoms with Crippen LogP contribution in [0.15, 0.2) is 60.7 Å². The summed E-state index contributed by atoms with van der Waals surface area (Å²) < 4.78 is 20.7. The molecule has 0 aliphatic carbocycles. The third-order valence-corrected chi connectivity index (χ3v) is 3.83. The van der Waals surface area contributed by atoms with Crippen molar-refractivity contribution in [3.05, 3.63) is 71.8 Å². The van der Waals surface area contributed by atoms with E-state index < -0.39 is 49.3 Å². The van der Waals surface area contributed by atoms with E-state index in [-0.39, 0.29) is 0 Å². The Bertz CT molecular complexity index is 790. The fraction of sp³-hybridized carbons (Fsp3) is 0.273. The molecule has 8 heteroatoms. The van der Waals surface area contributed by atoms with Gasteiger partial charge in [-0.15, -0.1) is 0 Å². The molecule has 2 aromatic rings. The van der Waals surface area contributed by atoms with Crippen molar-refractivity contribution < 1.29 is 38.1 Å². The molecule has 0 aromatic heterocycles. The van der Waals surface area contributed by atoms with Gasteiger partial charge in [-0.05, 0) is 24.3 Å². The number of ether oxygens (including phenoxy) is 4. The number of carbonyl (C=O) groups excluding carboxylic acids is 4. The smallest absolute Gasteiger partial charge is 0.338 e. The Morgan fingerprint density at radius 3 is 1.27 bits per heavy atom. The summed E-state index contributed by atoms with van der Waals surface area (Å²) in [6, 6.07) is 16.4. The predicted molar refractivity (Wildman–Crippen MR) is 105 cm³/mol. The van der Waals surface area contributed by atoms with Crippen LogP contribution in [0.1, 0.15) is 34.6 Å². The SMILES string of the molecule is CC(=O)O[C@@H](COC(=O)c1ccccc1)[C@H](COC(=O)c1ccccc1)OC(C)=O. The third kappa shape index (κ3) is 7.38. The van der Waals surface area contributed by atoms with Crippen LogP contribution in [-0.4, -0.2) is 49.3 Å². The van der Waals surface area contributed by atoms with Gasteiger partial charge in [-0.25, -0.2) is 9.59 Å². The molecule has 0 radical (unpaired) electrons. The van der Waals surface area contributed by atoms with Gasteiger partial charge in [0.25, 0.3) is 0 Å². The molecule has 0 saturated heterocycles. The fourth-order valence-corrected chi connectivity index (χ4v) is 2.49. The van der Waals surface area contributed by atoms with E-state index in [1.807, 2.05) is 0 Å². The summed E-state index contributed by atoms with van der Waals surface area (Å²) in [7, 11) is 0. The van der Waals surface area contributed by atoms with Crippen LogP contribution in [-0.2, 0) is 28.5 Å². The molecule has 0 fully saturated rings. The quantitative estimate of drug-likeness (QED) is 0.455. The van der Waals surface area contributed by atoms with Crippen molar-refractivity contribution in [2.45, 2.75) is 26.1 Å². The molecular weight excluding hydrogens is 392 g/mol. The molecule has 30 heavy (non-hydrogen) atoms. The maximum atomic E-state index is 12.2. The van der Waals surface area contributed by atoms with Gasteiger partial charge >= 0.3 is 23.9 Å². The number of esters is 4. The van der Waals surface area contributed by atoms with Crippen LogP contribution in [0.25, 0.3) is 0 Å². The van der Waals surface area contributed by atoms with E-state index in [9.17, 15) is 19.2 Å². The fourth-order valence-electron chi connectivity index (χ4n) is 2.49. The monoisotopic (exact) mass is 414 g/mol. The normalized spacial score (nSPS) is 12.2. The van der Waals surface area contributed by atoms with Crippen LogP contribution in [0.3, 0.4) is 0 Å². The summed E-state index contributed by atoms with van der Waals surface area (Å²) in [6.07, 6.45) is -2.33. The molecule has 0 aliphatic rings. The van der Waals surface area contributed by atoms with Crippen LogP contribution >= 0.6 is 0 Å². The van der Waals surface area contributed by atoms with E-state index >= 15 is 0 Å². The molecule has 2 aromatic carbocycles. The summed E-state index contributed by atoms with van der Waals surface area (Å²) in [4.78, 5) is 47.4. The molecule has 158 valence electrons. The van der Waals surface area contributed by atoms with Gasteiger partial charge in [0.2, 0.25) is 0 Å². The van der Waals surface area contributed by atoms with Crippen molar-refractivity contribution in [1.29, 1.82) is 0 Å². The minimum atomic E-state index is -1.16. The van der Waals surface area contributed by atoms with Crippen LogP contribution < -0.4 is 0 Å². The molecule has 0 amide bonds. The third-order valence-electron chi connectivity index (χ3n) is 3.83. The Balaban J connectivity index is 2.07. The van der Waals surface area contributed by atoms with Crippen molar-refractivity contribution in [1.82, 2.24) is 0 Å². The van der Waals surface area contributed by atoms with E-state index in [1.165, 1.54) is 0 Å². The summed E-state index contributed by atoms with van der Waals surface area (Å²) in [5.41, 5.74) is 0.609. The van der Waals surface area contributed by atoms with Crippen molar-refractivity contribution in [3.8, 4) is 0 Å². The Labute approximate surface area is 173 Å². The van der Waals surface area contributed by atoms with Crippen molar-refractivity contribution >= 4 is 23.9 Å². The molecule has 0 N–H and O–H groups in total. The molecule has 0 aliphatic heterocycles. The highest BCUT2D eigenvalue weighted by molar-refractivity contribution is 5.89. The number of hydrogen-bond acceptors (Lipinski definition) is 8. The maximum Gasteiger partial charge on any atom is 0.338 e. The van der Waals surface area contributed by atoms with Crippen LogP contribution in [0, 0.1) is 0 Å². The van der Waals surface area contributed by atoms with E-state index in [1.54, 1.807) is 60.7 Å². The Morgan fingerprint density at radius 1 is 0.633 bits per heavy atom. The van der Waals surface area contributed by atoms with Crippen molar-refractivity contribution in [2.75, 3.05) is 13.2 Å². The van der Waals surface area contributed by atoms with Gasteiger partial charge in [0.05, 0.1) is 11.1 Å². The summed E-state index contributed by atoms with van der Waals surface area (Å²) in [6.45, 7) is 1.53. The van der Waals surface area contributed by atoms with E-state index in [0.29, 0.717) is 11.1 Å². The molecule has 0 unspecified atom stereocenters. The topological polar surface area (TPSA) is 105 Å². The first-order valence-electron chi connectivity index (χ1n) is 9.15. The Kier molecular flexibility index (Phi) is 8.56. The number of rotatable bonds is 9. The van der Waals surface area contributed by atoms with E-state index in [2.05, 4.69) is 0 Å². The molecule has 8 nitrogen and oxygen atoms in total. The average molecular weight is 414 g/mol. The van der Waals surface area contributed by atoms with Gasteiger partial charge in [-0.3, -0.25) is 9.59 Å². The van der Waals surface area contributed by atoms with Crippen molar-refractivity contribution in [2.24, 2.45) is 0 Å². The largest absolute Gasteiger partial charge is 0.458 e. The van der Waals surface area contributed by atoms with E-state index in [0.717, 1.165) is 13.8 Å². The van der Waals surface area contributed by atoms with Crippen LogP contribution in [0.5, 0.6) is 0 Å². The zero-order valence-electron chi connectivity index (χ0n) is 16.6. The summed E-state index contributed by atoms with van der Waals surface area (Å²) in [5.74, 6) is -2.64. The van der Waals surface area contributed by atoms with Crippen LogP contribution in [0.4, 0.5) is 0 Å².